The molecule has 108 valence electrons. The second kappa shape index (κ2) is 6.83. The number of hydrogen-bond acceptors (Lipinski definition) is 3. The van der Waals surface area contributed by atoms with Crippen LogP contribution in [0.1, 0.15) is 26.3 Å². The lowest BCUT2D eigenvalue weighted by molar-refractivity contribution is 0.486. The van der Waals surface area contributed by atoms with Gasteiger partial charge in [0.25, 0.3) is 0 Å². The minimum Gasteiger partial charge on any atom is -0.310 e. The van der Waals surface area contributed by atoms with E-state index in [0.717, 1.165) is 12.1 Å². The van der Waals surface area contributed by atoms with E-state index in [4.69, 9.17) is 0 Å². The molecule has 6 heteroatoms. The Hall–Kier alpha value is -0.430. The molecule has 0 amide bonds. The molecule has 1 N–H and O–H groups in total. The fourth-order valence-electron chi connectivity index (χ4n) is 1.52. The molecule has 0 fully saturated rings. The summed E-state index contributed by atoms with van der Waals surface area (Å²) in [6.45, 7) is 7.13. The van der Waals surface area contributed by atoms with Crippen molar-refractivity contribution in [1.82, 2.24) is 9.62 Å². The molecule has 0 saturated heterocycles. The molecule has 1 aromatic carbocycles. The van der Waals surface area contributed by atoms with Gasteiger partial charge in [0.2, 0.25) is 10.0 Å². The van der Waals surface area contributed by atoms with Gasteiger partial charge in [0, 0.05) is 30.7 Å². The third-order valence-electron chi connectivity index (χ3n) is 2.84. The first-order valence-corrected chi connectivity index (χ1v) is 8.50. The van der Waals surface area contributed by atoms with Crippen LogP contribution in [0.25, 0.3) is 0 Å². The summed E-state index contributed by atoms with van der Waals surface area (Å²) in [5.74, 6) is 0. The monoisotopic (exact) mass is 348 g/mol. The Kier molecular flexibility index (Phi) is 5.98. The molecule has 0 aliphatic carbocycles. The third-order valence-corrected chi connectivity index (χ3v) is 5.75. The van der Waals surface area contributed by atoms with Crippen molar-refractivity contribution in [2.75, 3.05) is 13.6 Å². The van der Waals surface area contributed by atoms with Crippen LogP contribution in [0.3, 0.4) is 0 Å². The molecule has 19 heavy (non-hydrogen) atoms. The lowest BCUT2D eigenvalue weighted by atomic mass is 10.2. The number of benzene rings is 1. The van der Waals surface area contributed by atoms with Gasteiger partial charge >= 0.3 is 0 Å². The second-order valence-corrected chi connectivity index (χ2v) is 7.59. The third kappa shape index (κ3) is 4.27. The Morgan fingerprint density at radius 3 is 2.47 bits per heavy atom. The molecule has 0 saturated carbocycles. The number of sulfonamides is 1. The molecule has 0 bridgehead atoms. The van der Waals surface area contributed by atoms with Crippen LogP contribution < -0.4 is 5.32 Å². The first kappa shape index (κ1) is 16.6. The number of hydrogen-bond donors (Lipinski definition) is 1. The predicted molar refractivity (Wildman–Crippen MR) is 81.6 cm³/mol. The lowest BCUT2D eigenvalue weighted by Gasteiger charge is -2.16. The summed E-state index contributed by atoms with van der Waals surface area (Å²) in [6, 6.07) is 5.75. The molecule has 0 radical (unpaired) electrons. The summed E-state index contributed by atoms with van der Waals surface area (Å²) in [5.41, 5.74) is 1.05. The fourth-order valence-corrected chi connectivity index (χ4v) is 3.78. The van der Waals surface area contributed by atoms with Crippen LogP contribution >= 0.6 is 15.9 Å². The zero-order chi connectivity index (χ0) is 14.6. The normalized spacial score (nSPS) is 12.4. The van der Waals surface area contributed by atoms with Crippen molar-refractivity contribution in [2.45, 2.75) is 38.3 Å². The number of halogens is 1. The van der Waals surface area contributed by atoms with Crippen LogP contribution in [-0.2, 0) is 16.6 Å². The zero-order valence-electron chi connectivity index (χ0n) is 11.8. The summed E-state index contributed by atoms with van der Waals surface area (Å²) in [7, 11) is -1.82. The van der Waals surface area contributed by atoms with E-state index in [0.29, 0.717) is 22.0 Å². The molecule has 0 aromatic heterocycles. The predicted octanol–water partition coefficient (Wildman–Crippen LogP) is 2.59. The van der Waals surface area contributed by atoms with Crippen molar-refractivity contribution in [3.63, 3.8) is 0 Å². The molecule has 0 unspecified atom stereocenters. The van der Waals surface area contributed by atoms with Crippen molar-refractivity contribution in [3.05, 3.63) is 28.2 Å². The Morgan fingerprint density at radius 1 is 1.37 bits per heavy atom. The maximum Gasteiger partial charge on any atom is 0.243 e. The molecule has 0 aliphatic rings. The topological polar surface area (TPSA) is 49.4 Å². The number of rotatable bonds is 6. The second-order valence-electron chi connectivity index (χ2n) is 4.72. The highest BCUT2D eigenvalue weighted by Crippen LogP contribution is 2.25. The molecule has 0 heterocycles. The van der Waals surface area contributed by atoms with Gasteiger partial charge in [-0.1, -0.05) is 26.8 Å². The van der Waals surface area contributed by atoms with Gasteiger partial charge in [-0.15, -0.1) is 0 Å². The minimum absolute atomic E-state index is 0.310. The van der Waals surface area contributed by atoms with E-state index in [9.17, 15) is 8.42 Å². The van der Waals surface area contributed by atoms with Gasteiger partial charge in [0.05, 0.1) is 4.90 Å². The fraction of sp³-hybridized carbons (Fsp3) is 0.538. The zero-order valence-corrected chi connectivity index (χ0v) is 14.2. The SMILES string of the molecule is CCN(C)S(=O)(=O)c1ccc(CNC(C)C)cc1Br. The summed E-state index contributed by atoms with van der Waals surface area (Å²) >= 11 is 3.35. The summed E-state index contributed by atoms with van der Waals surface area (Å²) in [5, 5.41) is 3.30. The average molecular weight is 349 g/mol. The highest BCUT2D eigenvalue weighted by Gasteiger charge is 2.22. The van der Waals surface area contributed by atoms with Crippen LogP contribution in [0, 0.1) is 0 Å². The van der Waals surface area contributed by atoms with E-state index in [1.807, 2.05) is 19.1 Å². The van der Waals surface area contributed by atoms with Crippen molar-refractivity contribution in [3.8, 4) is 0 Å². The van der Waals surface area contributed by atoms with Crippen LogP contribution in [0.4, 0.5) is 0 Å². The smallest absolute Gasteiger partial charge is 0.243 e. The van der Waals surface area contributed by atoms with E-state index in [2.05, 4.69) is 35.1 Å². The molecule has 0 spiro atoms. The first-order valence-electron chi connectivity index (χ1n) is 6.27. The molecule has 1 rings (SSSR count). The Labute approximate surface area is 124 Å². The minimum atomic E-state index is -3.40. The van der Waals surface area contributed by atoms with Gasteiger partial charge in [-0.2, -0.15) is 0 Å². The van der Waals surface area contributed by atoms with E-state index in [-0.39, 0.29) is 0 Å². The van der Waals surface area contributed by atoms with Gasteiger partial charge in [-0.3, -0.25) is 0 Å². The Bertz CT molecular complexity index is 529. The van der Waals surface area contributed by atoms with Gasteiger partial charge in [-0.25, -0.2) is 12.7 Å². The van der Waals surface area contributed by atoms with Crippen LogP contribution in [0.15, 0.2) is 27.6 Å². The quantitative estimate of drug-likeness (QED) is 0.859. The molecule has 0 atom stereocenters. The van der Waals surface area contributed by atoms with Crippen LogP contribution in [-0.4, -0.2) is 32.4 Å². The van der Waals surface area contributed by atoms with E-state index >= 15 is 0 Å². The van der Waals surface area contributed by atoms with Crippen molar-refractivity contribution in [1.29, 1.82) is 0 Å². The van der Waals surface area contributed by atoms with Crippen LogP contribution in [0.5, 0.6) is 0 Å². The Morgan fingerprint density at radius 2 is 2.00 bits per heavy atom. The van der Waals surface area contributed by atoms with Crippen molar-refractivity contribution >= 4 is 26.0 Å². The van der Waals surface area contributed by atoms with E-state index < -0.39 is 10.0 Å². The molecule has 0 aliphatic heterocycles. The molecule has 1 aromatic rings. The van der Waals surface area contributed by atoms with E-state index in [1.165, 1.54) is 4.31 Å². The highest BCUT2D eigenvalue weighted by molar-refractivity contribution is 9.10. The molecular formula is C13H21BrN2O2S. The average Bonchev–Trinajstić information content (AvgIpc) is 2.34. The first-order chi connectivity index (χ1) is 8.78. The number of nitrogens with zero attached hydrogens (tertiary/aromatic N) is 1. The highest BCUT2D eigenvalue weighted by atomic mass is 79.9. The van der Waals surface area contributed by atoms with Crippen molar-refractivity contribution in [2.24, 2.45) is 0 Å². The lowest BCUT2D eigenvalue weighted by Crippen LogP contribution is -2.27. The van der Waals surface area contributed by atoms with Gasteiger partial charge in [0.15, 0.2) is 0 Å². The Balaban J connectivity index is 3.01. The summed E-state index contributed by atoms with van der Waals surface area (Å²) < 4.78 is 26.4. The molecule has 4 nitrogen and oxygen atoms in total. The molecular weight excluding hydrogens is 328 g/mol. The number of nitrogens with one attached hydrogen (secondary N) is 1. The van der Waals surface area contributed by atoms with Gasteiger partial charge in [-0.05, 0) is 33.6 Å². The standard InChI is InChI=1S/C13H21BrN2O2S/c1-5-16(4)19(17,18)13-7-6-11(8-12(13)14)9-15-10(2)3/h6-8,10,15H,5,9H2,1-4H3. The maximum atomic E-state index is 12.2. The van der Waals surface area contributed by atoms with Crippen molar-refractivity contribution < 1.29 is 8.42 Å². The summed E-state index contributed by atoms with van der Waals surface area (Å²) in [6.07, 6.45) is 0. The summed E-state index contributed by atoms with van der Waals surface area (Å²) in [4.78, 5) is 0.310. The largest absolute Gasteiger partial charge is 0.310 e. The van der Waals surface area contributed by atoms with Gasteiger partial charge < -0.3 is 5.32 Å². The van der Waals surface area contributed by atoms with Gasteiger partial charge in [0.1, 0.15) is 0 Å². The maximum absolute atomic E-state index is 12.2. The van der Waals surface area contributed by atoms with E-state index in [1.54, 1.807) is 13.1 Å². The van der Waals surface area contributed by atoms with Crippen LogP contribution in [0.2, 0.25) is 0 Å².